The average molecular weight is 701 g/mol. The van der Waals surface area contributed by atoms with Gasteiger partial charge in [-0.15, -0.1) is 22.7 Å². The predicted octanol–water partition coefficient (Wildman–Crippen LogP) is 14.1. The van der Waals surface area contributed by atoms with Crippen LogP contribution in [0.1, 0.15) is 171 Å². The van der Waals surface area contributed by atoms with Crippen LogP contribution in [0.3, 0.4) is 0 Å². The SMILES string of the molecule is CCCCCCCCCCCCC1(CCCCCCCCCCCC)C(=O)c2cc(Br)sc2-c2sc(Br)cc21. The van der Waals surface area contributed by atoms with Crippen LogP contribution in [0.25, 0.3) is 9.75 Å². The minimum atomic E-state index is -0.342. The van der Waals surface area contributed by atoms with E-state index in [4.69, 9.17) is 0 Å². The topological polar surface area (TPSA) is 17.1 Å². The van der Waals surface area contributed by atoms with Gasteiger partial charge in [-0.2, -0.15) is 0 Å². The number of rotatable bonds is 22. The fraction of sp³-hybridized carbons (Fsp3) is 0.735. The Morgan fingerprint density at radius 3 is 1.41 bits per heavy atom. The molecule has 0 N–H and O–H groups in total. The molecule has 1 nitrogen and oxygen atoms in total. The van der Waals surface area contributed by atoms with Gasteiger partial charge in [-0.1, -0.05) is 142 Å². The lowest BCUT2D eigenvalue weighted by Gasteiger charge is -2.36. The van der Waals surface area contributed by atoms with Crippen molar-refractivity contribution in [2.75, 3.05) is 0 Å². The zero-order valence-corrected chi connectivity index (χ0v) is 29.5. The molecule has 5 heteroatoms. The van der Waals surface area contributed by atoms with Crippen LogP contribution >= 0.6 is 54.5 Å². The van der Waals surface area contributed by atoms with E-state index >= 15 is 0 Å². The fourth-order valence-corrected chi connectivity index (χ4v) is 9.87. The Morgan fingerprint density at radius 2 is 0.949 bits per heavy atom. The van der Waals surface area contributed by atoms with Crippen molar-refractivity contribution in [1.82, 2.24) is 0 Å². The molecule has 0 amide bonds. The van der Waals surface area contributed by atoms with Crippen molar-refractivity contribution in [2.24, 2.45) is 0 Å². The van der Waals surface area contributed by atoms with Crippen molar-refractivity contribution in [2.45, 2.75) is 161 Å². The van der Waals surface area contributed by atoms with Crippen LogP contribution < -0.4 is 0 Å². The quantitative estimate of drug-likeness (QED) is 0.112. The van der Waals surface area contributed by atoms with Crippen molar-refractivity contribution >= 4 is 60.3 Å². The summed E-state index contributed by atoms with van der Waals surface area (Å²) in [5.41, 5.74) is 1.94. The van der Waals surface area contributed by atoms with Gasteiger partial charge in [0.05, 0.1) is 22.7 Å². The molecule has 39 heavy (non-hydrogen) atoms. The van der Waals surface area contributed by atoms with Gasteiger partial charge in [-0.3, -0.25) is 4.79 Å². The molecular weight excluding hydrogens is 648 g/mol. The van der Waals surface area contributed by atoms with E-state index in [0.29, 0.717) is 5.78 Å². The van der Waals surface area contributed by atoms with Gasteiger partial charge in [0.25, 0.3) is 0 Å². The van der Waals surface area contributed by atoms with Crippen LogP contribution in [-0.2, 0) is 5.41 Å². The summed E-state index contributed by atoms with van der Waals surface area (Å²) in [5, 5.41) is 0. The second-order valence-corrected chi connectivity index (χ2v) is 16.7. The highest BCUT2D eigenvalue weighted by molar-refractivity contribution is 9.11. The van der Waals surface area contributed by atoms with Crippen LogP contribution in [0.15, 0.2) is 19.7 Å². The molecule has 1 aliphatic rings. The monoisotopic (exact) mass is 698 g/mol. The third kappa shape index (κ3) is 10.1. The van der Waals surface area contributed by atoms with Gasteiger partial charge >= 0.3 is 0 Å². The van der Waals surface area contributed by atoms with E-state index in [2.05, 4.69) is 57.8 Å². The van der Waals surface area contributed by atoms with Crippen LogP contribution in [-0.4, -0.2) is 5.78 Å². The maximum absolute atomic E-state index is 14.3. The first kappa shape index (κ1) is 33.5. The second kappa shape index (κ2) is 18.5. The maximum Gasteiger partial charge on any atom is 0.174 e. The second-order valence-electron chi connectivity index (χ2n) is 11.9. The highest BCUT2D eigenvalue weighted by Crippen LogP contribution is 2.55. The molecule has 0 atom stereocenters. The first-order valence-electron chi connectivity index (χ1n) is 16.2. The van der Waals surface area contributed by atoms with Crippen molar-refractivity contribution < 1.29 is 4.79 Å². The zero-order chi connectivity index (χ0) is 27.9. The first-order valence-corrected chi connectivity index (χ1v) is 19.4. The summed E-state index contributed by atoms with van der Waals surface area (Å²) in [7, 11) is 0. The molecule has 2 aromatic rings. The molecule has 0 aromatic carbocycles. The zero-order valence-electron chi connectivity index (χ0n) is 24.7. The highest BCUT2D eigenvalue weighted by Gasteiger charge is 2.47. The minimum Gasteiger partial charge on any atom is -0.293 e. The number of halogens is 2. The van der Waals surface area contributed by atoms with Gasteiger partial charge in [0, 0.05) is 5.56 Å². The molecule has 0 aliphatic heterocycles. The van der Waals surface area contributed by atoms with Crippen LogP contribution in [0.2, 0.25) is 0 Å². The normalized spacial score (nSPS) is 14.1. The maximum atomic E-state index is 14.3. The smallest absolute Gasteiger partial charge is 0.174 e. The summed E-state index contributed by atoms with van der Waals surface area (Å²) in [6, 6.07) is 4.39. The van der Waals surface area contributed by atoms with Crippen molar-refractivity contribution in [1.29, 1.82) is 0 Å². The standard InChI is InChI=1S/C34H52Br2OS2/c1-3-5-7-9-11-13-15-17-19-21-23-34(24-22-20-18-16-14-12-10-8-6-4-2)28-26-30(36)39-32(28)31-27(33(34)37)25-29(35)38-31/h25-26H,3-24H2,1-2H3. The summed E-state index contributed by atoms with van der Waals surface area (Å²) in [6.07, 6.45) is 28.7. The first-order chi connectivity index (χ1) is 19.0. The molecule has 0 saturated heterocycles. The molecule has 0 spiro atoms. The predicted molar refractivity (Wildman–Crippen MR) is 182 cm³/mol. The van der Waals surface area contributed by atoms with E-state index in [1.807, 2.05) is 11.3 Å². The molecule has 1 aliphatic carbocycles. The largest absolute Gasteiger partial charge is 0.293 e. The number of carbonyl (C=O) groups is 1. The minimum absolute atomic E-state index is 0.342. The van der Waals surface area contributed by atoms with E-state index in [1.54, 1.807) is 11.3 Å². The number of fused-ring (bicyclic) bond motifs is 3. The summed E-state index contributed by atoms with van der Waals surface area (Å²) in [5.74, 6) is 0.393. The van der Waals surface area contributed by atoms with Gasteiger partial charge < -0.3 is 0 Å². The summed E-state index contributed by atoms with van der Waals surface area (Å²) in [4.78, 5) is 16.8. The molecular formula is C34H52Br2OS2. The van der Waals surface area contributed by atoms with Crippen LogP contribution in [0.5, 0.6) is 0 Å². The fourth-order valence-electron chi connectivity index (χ4n) is 6.41. The number of hydrogen-bond acceptors (Lipinski definition) is 3. The van der Waals surface area contributed by atoms with E-state index in [-0.39, 0.29) is 5.41 Å². The van der Waals surface area contributed by atoms with Gasteiger partial charge in [0.1, 0.15) is 0 Å². The van der Waals surface area contributed by atoms with Gasteiger partial charge in [0.2, 0.25) is 0 Å². The number of carbonyl (C=O) groups excluding carboxylic acids is 1. The Hall–Kier alpha value is 0.0300. The van der Waals surface area contributed by atoms with Crippen molar-refractivity contribution in [3.8, 4) is 9.75 Å². The van der Waals surface area contributed by atoms with Gasteiger partial charge in [0.15, 0.2) is 5.78 Å². The Kier molecular flexibility index (Phi) is 15.9. The number of ketones is 1. The van der Waals surface area contributed by atoms with Crippen molar-refractivity contribution in [3.05, 3.63) is 30.8 Å². The number of unbranched alkanes of at least 4 members (excludes halogenated alkanes) is 18. The summed E-state index contributed by atoms with van der Waals surface area (Å²) in [6.45, 7) is 4.58. The molecule has 0 fully saturated rings. The molecule has 0 radical (unpaired) electrons. The lowest BCUT2D eigenvalue weighted by Crippen LogP contribution is -2.38. The van der Waals surface area contributed by atoms with E-state index < -0.39 is 0 Å². The lowest BCUT2D eigenvalue weighted by atomic mass is 9.65. The lowest BCUT2D eigenvalue weighted by molar-refractivity contribution is 0.0855. The average Bonchev–Trinajstić information content (AvgIpc) is 3.51. The molecule has 2 aromatic heterocycles. The Balaban J connectivity index is 1.57. The third-order valence-corrected chi connectivity index (χ3v) is 12.2. The van der Waals surface area contributed by atoms with Crippen LogP contribution in [0.4, 0.5) is 0 Å². The highest BCUT2D eigenvalue weighted by atomic mass is 79.9. The molecule has 0 bridgehead atoms. The Labute approximate surface area is 264 Å². The summed E-state index contributed by atoms with van der Waals surface area (Å²) >= 11 is 11.0. The van der Waals surface area contributed by atoms with Crippen LogP contribution in [0, 0.1) is 0 Å². The van der Waals surface area contributed by atoms with Crippen molar-refractivity contribution in [3.63, 3.8) is 0 Å². The number of hydrogen-bond donors (Lipinski definition) is 0. The van der Waals surface area contributed by atoms with E-state index in [9.17, 15) is 4.79 Å². The Bertz CT molecular complexity index is 952. The third-order valence-electron chi connectivity index (χ3n) is 8.72. The number of thiophene rings is 2. The Morgan fingerprint density at radius 1 is 0.564 bits per heavy atom. The molecule has 220 valence electrons. The van der Waals surface area contributed by atoms with E-state index in [1.165, 1.54) is 131 Å². The molecule has 0 unspecified atom stereocenters. The summed E-state index contributed by atoms with van der Waals surface area (Å²) < 4.78 is 2.23. The van der Waals surface area contributed by atoms with Gasteiger partial charge in [-0.25, -0.2) is 0 Å². The molecule has 0 saturated carbocycles. The molecule has 2 heterocycles. The molecule has 3 rings (SSSR count). The van der Waals surface area contributed by atoms with Gasteiger partial charge in [-0.05, 0) is 62.4 Å². The number of Topliss-reactive ketones (excluding diaryl/α,β-unsaturated/α-hetero) is 1. The van der Waals surface area contributed by atoms with E-state index in [0.717, 1.165) is 38.8 Å².